The van der Waals surface area contributed by atoms with Crippen molar-refractivity contribution >= 4 is 23.2 Å². The van der Waals surface area contributed by atoms with Crippen molar-refractivity contribution in [1.82, 2.24) is 5.32 Å². The number of amides is 1. The molecule has 3 N–H and O–H groups in total. The van der Waals surface area contributed by atoms with Gasteiger partial charge in [0.25, 0.3) is 5.91 Å². The van der Waals surface area contributed by atoms with Gasteiger partial charge in [-0.15, -0.1) is 11.3 Å². The number of hydrogen-bond donors (Lipinski definition) is 3. The molecule has 188 valence electrons. The van der Waals surface area contributed by atoms with Crippen molar-refractivity contribution < 1.29 is 24.2 Å². The molecule has 1 aromatic heterocycles. The molecule has 0 bridgehead atoms. The number of aliphatic hydroxyl groups is 1. The molecule has 0 saturated heterocycles. The van der Waals surface area contributed by atoms with E-state index < -0.39 is 5.97 Å². The monoisotopic (exact) mass is 507 g/mol. The Labute approximate surface area is 214 Å². The Kier molecular flexibility index (Phi) is 6.47. The number of rotatable bonds is 7. The van der Waals surface area contributed by atoms with E-state index in [0.29, 0.717) is 17.5 Å². The number of carbonyl (C=O) groups excluding carboxylic acids is 1. The Bertz CT molecular complexity index is 1320. The maximum atomic E-state index is 13.9. The molecule has 1 heterocycles. The van der Waals surface area contributed by atoms with Gasteiger partial charge in [-0.05, 0) is 97.4 Å². The SMILES string of the molecule is Cc1sc(C)c(C(=O)NC2CC3(C2)CC(C(=O)O)C3)c1Cc1ccc(-c2cc(F)cc(CO)c2)cc1. The quantitative estimate of drug-likeness (QED) is 0.387. The number of aliphatic hydroxyl groups excluding tert-OH is 1. The van der Waals surface area contributed by atoms with Gasteiger partial charge >= 0.3 is 5.97 Å². The molecule has 2 aliphatic rings. The van der Waals surface area contributed by atoms with Crippen LogP contribution >= 0.6 is 11.3 Å². The van der Waals surface area contributed by atoms with Gasteiger partial charge in [-0.25, -0.2) is 4.39 Å². The van der Waals surface area contributed by atoms with E-state index in [1.165, 1.54) is 12.1 Å². The van der Waals surface area contributed by atoms with Crippen LogP contribution < -0.4 is 5.32 Å². The van der Waals surface area contributed by atoms with E-state index >= 15 is 0 Å². The van der Waals surface area contributed by atoms with E-state index in [9.17, 15) is 19.1 Å². The Morgan fingerprint density at radius 2 is 1.69 bits per heavy atom. The van der Waals surface area contributed by atoms with Gasteiger partial charge < -0.3 is 15.5 Å². The van der Waals surface area contributed by atoms with Gasteiger partial charge in [0.05, 0.1) is 18.1 Å². The van der Waals surface area contributed by atoms with Crippen LogP contribution in [0.5, 0.6) is 0 Å². The lowest BCUT2D eigenvalue weighted by molar-refractivity contribution is -0.155. The molecule has 2 aliphatic carbocycles. The molecule has 2 saturated carbocycles. The van der Waals surface area contributed by atoms with Crippen LogP contribution in [0.4, 0.5) is 4.39 Å². The second-order valence-electron chi connectivity index (χ2n) is 10.5. The zero-order chi connectivity index (χ0) is 25.6. The Balaban J connectivity index is 1.27. The van der Waals surface area contributed by atoms with Crippen molar-refractivity contribution in [1.29, 1.82) is 0 Å². The summed E-state index contributed by atoms with van der Waals surface area (Å²) in [6.07, 6.45) is 3.80. The van der Waals surface area contributed by atoms with E-state index in [2.05, 4.69) is 5.32 Å². The standard InChI is InChI=1S/C29H30FNO4S/c1-16-25(9-18-3-5-20(6-4-18)21-7-19(15-32)8-23(30)10-21)26(17(2)36-16)27(33)31-24-13-29(14-24)11-22(12-29)28(34)35/h3-8,10,22,24,32H,9,11-15H2,1-2H3,(H,31,33)(H,34,35). The van der Waals surface area contributed by atoms with Crippen molar-refractivity contribution in [3.8, 4) is 11.1 Å². The van der Waals surface area contributed by atoms with Crippen LogP contribution in [-0.4, -0.2) is 28.1 Å². The molecule has 1 spiro atoms. The largest absolute Gasteiger partial charge is 0.481 e. The second-order valence-corrected chi connectivity index (χ2v) is 11.9. The lowest BCUT2D eigenvalue weighted by Gasteiger charge is -2.56. The summed E-state index contributed by atoms with van der Waals surface area (Å²) in [6, 6.07) is 12.5. The molecule has 0 radical (unpaired) electrons. The maximum absolute atomic E-state index is 13.9. The predicted molar refractivity (Wildman–Crippen MR) is 138 cm³/mol. The summed E-state index contributed by atoms with van der Waals surface area (Å²) in [4.78, 5) is 26.5. The van der Waals surface area contributed by atoms with Gasteiger partial charge in [0.15, 0.2) is 0 Å². The normalized spacial score (nSPS) is 22.7. The smallest absolute Gasteiger partial charge is 0.306 e. The third-order valence-corrected chi connectivity index (χ3v) is 8.89. The highest BCUT2D eigenvalue weighted by molar-refractivity contribution is 7.12. The van der Waals surface area contributed by atoms with Crippen LogP contribution in [0.15, 0.2) is 42.5 Å². The number of nitrogens with one attached hydrogen (secondary N) is 1. The van der Waals surface area contributed by atoms with Crippen LogP contribution in [0.25, 0.3) is 11.1 Å². The molecule has 2 aromatic carbocycles. The van der Waals surface area contributed by atoms with Gasteiger partial charge in [-0.1, -0.05) is 24.3 Å². The van der Waals surface area contributed by atoms with Crippen LogP contribution in [-0.2, 0) is 17.8 Å². The summed E-state index contributed by atoms with van der Waals surface area (Å²) >= 11 is 1.63. The molecular formula is C29H30FNO4S. The van der Waals surface area contributed by atoms with Crippen molar-refractivity contribution in [3.63, 3.8) is 0 Å². The minimum Gasteiger partial charge on any atom is -0.481 e. The fraction of sp³-hybridized carbons (Fsp3) is 0.379. The molecule has 1 amide bonds. The minimum atomic E-state index is -0.707. The summed E-state index contributed by atoms with van der Waals surface area (Å²) < 4.78 is 13.9. The van der Waals surface area contributed by atoms with Gasteiger partial charge in [0.2, 0.25) is 0 Å². The first-order chi connectivity index (χ1) is 17.2. The first kappa shape index (κ1) is 24.7. The summed E-state index contributed by atoms with van der Waals surface area (Å²) in [5.41, 5.74) is 5.06. The molecule has 5 rings (SSSR count). The predicted octanol–water partition coefficient (Wildman–Crippen LogP) is 5.63. The molecule has 7 heteroatoms. The fourth-order valence-electron chi connectivity index (χ4n) is 6.01. The van der Waals surface area contributed by atoms with Crippen LogP contribution in [0, 0.1) is 31.0 Å². The van der Waals surface area contributed by atoms with E-state index in [1.807, 2.05) is 38.1 Å². The number of carboxylic acids is 1. The Morgan fingerprint density at radius 1 is 1.00 bits per heavy atom. The number of aryl methyl sites for hydroxylation is 2. The maximum Gasteiger partial charge on any atom is 0.306 e. The third kappa shape index (κ3) is 4.70. The topological polar surface area (TPSA) is 86.6 Å². The molecular weight excluding hydrogens is 477 g/mol. The lowest BCUT2D eigenvalue weighted by atomic mass is 9.50. The molecule has 0 aliphatic heterocycles. The zero-order valence-electron chi connectivity index (χ0n) is 20.4. The van der Waals surface area contributed by atoms with E-state index in [-0.39, 0.29) is 35.7 Å². The van der Waals surface area contributed by atoms with Gasteiger partial charge in [-0.2, -0.15) is 0 Å². The zero-order valence-corrected chi connectivity index (χ0v) is 21.3. The average molecular weight is 508 g/mol. The second kappa shape index (κ2) is 9.45. The lowest BCUT2D eigenvalue weighted by Crippen LogP contribution is -2.57. The summed E-state index contributed by atoms with van der Waals surface area (Å²) in [5, 5.41) is 21.7. The number of aliphatic carboxylic acids is 1. The number of carboxylic acid groups (broad SMARTS) is 1. The molecule has 3 aromatic rings. The van der Waals surface area contributed by atoms with E-state index in [0.717, 1.165) is 57.7 Å². The summed E-state index contributed by atoms with van der Waals surface area (Å²) in [5.74, 6) is -1.36. The van der Waals surface area contributed by atoms with Gasteiger partial charge in [0.1, 0.15) is 5.82 Å². The van der Waals surface area contributed by atoms with Crippen molar-refractivity contribution in [3.05, 3.63) is 80.3 Å². The molecule has 0 atom stereocenters. The Morgan fingerprint density at radius 3 is 2.33 bits per heavy atom. The minimum absolute atomic E-state index is 0.0475. The highest BCUT2D eigenvalue weighted by atomic mass is 32.1. The van der Waals surface area contributed by atoms with Crippen molar-refractivity contribution in [2.45, 2.75) is 58.6 Å². The molecule has 5 nitrogen and oxygen atoms in total. The Hall–Kier alpha value is -3.03. The highest BCUT2D eigenvalue weighted by Gasteiger charge is 2.55. The van der Waals surface area contributed by atoms with Gasteiger partial charge in [0, 0.05) is 15.8 Å². The van der Waals surface area contributed by atoms with Crippen LogP contribution in [0.2, 0.25) is 0 Å². The first-order valence-electron chi connectivity index (χ1n) is 12.3. The van der Waals surface area contributed by atoms with Crippen molar-refractivity contribution in [2.24, 2.45) is 11.3 Å². The summed E-state index contributed by atoms with van der Waals surface area (Å²) in [6.45, 7) is 3.81. The number of halogens is 1. The average Bonchev–Trinajstić information content (AvgIpc) is 3.06. The van der Waals surface area contributed by atoms with Crippen molar-refractivity contribution in [2.75, 3.05) is 0 Å². The number of hydrogen-bond acceptors (Lipinski definition) is 4. The van der Waals surface area contributed by atoms with Crippen LogP contribution in [0.3, 0.4) is 0 Å². The molecule has 36 heavy (non-hydrogen) atoms. The first-order valence-corrected chi connectivity index (χ1v) is 13.1. The third-order valence-electron chi connectivity index (χ3n) is 7.82. The number of carbonyl (C=O) groups is 2. The molecule has 2 fully saturated rings. The van der Waals surface area contributed by atoms with E-state index in [1.54, 1.807) is 17.4 Å². The number of thiophene rings is 1. The van der Waals surface area contributed by atoms with E-state index in [4.69, 9.17) is 5.11 Å². The molecule has 0 unspecified atom stereocenters. The number of benzene rings is 2. The summed E-state index contributed by atoms with van der Waals surface area (Å²) in [7, 11) is 0. The van der Waals surface area contributed by atoms with Gasteiger partial charge in [-0.3, -0.25) is 9.59 Å². The van der Waals surface area contributed by atoms with Crippen LogP contribution in [0.1, 0.15) is 62.5 Å². The fourth-order valence-corrected chi connectivity index (χ4v) is 7.08. The highest BCUT2D eigenvalue weighted by Crippen LogP contribution is 2.58.